The minimum absolute atomic E-state index is 0. The predicted octanol–water partition coefficient (Wildman–Crippen LogP) is -9.73. The average Bonchev–Trinajstić information content (AvgIpc) is 1.54. The van der Waals surface area contributed by atoms with Crippen LogP contribution >= 0.6 is 0 Å². The molecule has 0 saturated carbocycles. The number of rotatable bonds is 0. The van der Waals surface area contributed by atoms with E-state index >= 15 is 0 Å². The summed E-state index contributed by atoms with van der Waals surface area (Å²) in [6.07, 6.45) is -1.25. The Morgan fingerprint density at radius 2 is 0.500 bits per heavy atom. The van der Waals surface area contributed by atoms with Crippen LogP contribution in [0.4, 0.5) is 0 Å². The number of halogens is 3. The largest absolute Gasteiger partial charge is 6.00 e. The molecule has 0 aromatic carbocycles. The van der Waals surface area contributed by atoms with Crippen LogP contribution in [-0.4, -0.2) is 18.3 Å². The van der Waals surface area contributed by atoms with Gasteiger partial charge in [0, 0.05) is 0 Å². The van der Waals surface area contributed by atoms with Crippen LogP contribution in [0, 0.1) is 0 Å². The van der Waals surface area contributed by atoms with E-state index in [1.165, 1.54) is 0 Å². The molecule has 0 aromatic rings. The van der Waals surface area contributed by atoms with Gasteiger partial charge in [-0.3, -0.25) is 0 Å². The molecule has 3 nitrogen and oxygen atoms in total. The third kappa shape index (κ3) is 1560. The van der Waals surface area contributed by atoms with E-state index in [0.29, 0.717) is 0 Å². The van der Waals surface area contributed by atoms with Crippen molar-refractivity contribution in [1.29, 1.82) is 0 Å². The molecule has 0 atom stereocenters. The topological polar surface area (TPSA) is 69.2 Å². The van der Waals surface area contributed by atoms with Crippen LogP contribution in [0.25, 0.3) is 0 Å². The zero-order valence-electron chi connectivity index (χ0n) is 10.5. The summed E-state index contributed by atoms with van der Waals surface area (Å²) in [7, 11) is 0. The molecule has 0 spiro atoms. The Hall–Kier alpha value is 1.44. The maximum absolute atomic E-state index is 9.53. The summed E-state index contributed by atoms with van der Waals surface area (Å²) in [5.41, 5.74) is 0. The predicted molar refractivity (Wildman–Crippen MR) is 45.4 cm³/mol. The van der Waals surface area contributed by atoms with E-state index in [0.717, 1.165) is 0 Å². The van der Waals surface area contributed by atoms with E-state index in [9.17, 15) is 15.3 Å². The first kappa shape index (κ1) is 43.2. The summed E-state index contributed by atoms with van der Waals surface area (Å²) in [4.78, 5) is 0. The van der Waals surface area contributed by atoms with E-state index in [2.05, 4.69) is 0 Å². The molecule has 16 heavy (non-hydrogen) atoms. The second-order valence-electron chi connectivity index (χ2n) is 3.15. The van der Waals surface area contributed by atoms with Gasteiger partial charge in [-0.05, 0) is 0 Å². The van der Waals surface area contributed by atoms with Crippen molar-refractivity contribution in [3.63, 3.8) is 0 Å². The molecular weight excluding hydrogens is 358 g/mol. The van der Waals surface area contributed by atoms with Crippen molar-refractivity contribution < 1.29 is 73.6 Å². The van der Waals surface area contributed by atoms with E-state index in [4.69, 9.17) is 0 Å². The van der Waals surface area contributed by atoms with Gasteiger partial charge in [0.15, 0.2) is 0 Å². The van der Waals surface area contributed by atoms with Crippen LogP contribution in [0.15, 0.2) is 0 Å². The van der Waals surface area contributed by atoms with Crippen LogP contribution in [-0.2, 0) is 21.1 Å². The molecule has 0 aromatic heterocycles. The average molecular weight is 380 g/mol. The molecule has 0 saturated heterocycles. The van der Waals surface area contributed by atoms with E-state index in [1.807, 2.05) is 0 Å². The molecule has 7 heteroatoms. The molecular formula is C9H21Cl3MoO3. The maximum Gasteiger partial charge on any atom is 6.00 e. The van der Waals surface area contributed by atoms with Crippen LogP contribution in [0.3, 0.4) is 0 Å². The van der Waals surface area contributed by atoms with E-state index in [1.54, 1.807) is 41.5 Å². The molecule has 0 aliphatic heterocycles. The molecule has 0 unspecified atom stereocenters. The van der Waals surface area contributed by atoms with Crippen molar-refractivity contribution >= 4 is 0 Å². The van der Waals surface area contributed by atoms with Gasteiger partial charge in [-0.15, -0.1) is 18.3 Å². The quantitative estimate of drug-likeness (QED) is 0.393. The summed E-state index contributed by atoms with van der Waals surface area (Å²) in [6.45, 7) is 9.67. The zero-order chi connectivity index (χ0) is 10.7. The smallest absolute Gasteiger partial charge is 1.00 e. The van der Waals surface area contributed by atoms with Crippen molar-refractivity contribution in [2.75, 3.05) is 0 Å². The van der Waals surface area contributed by atoms with E-state index < -0.39 is 18.3 Å². The van der Waals surface area contributed by atoms with E-state index in [-0.39, 0.29) is 58.3 Å². The van der Waals surface area contributed by atoms with Crippen LogP contribution in [0.1, 0.15) is 41.5 Å². The number of hydrogen-bond acceptors (Lipinski definition) is 3. The molecule has 102 valence electrons. The van der Waals surface area contributed by atoms with Crippen molar-refractivity contribution in [1.82, 2.24) is 0 Å². The molecule has 0 bridgehead atoms. The normalized spacial score (nSPS) is 6.75. The van der Waals surface area contributed by atoms with Crippen molar-refractivity contribution in [2.24, 2.45) is 0 Å². The fourth-order valence-corrected chi connectivity index (χ4v) is 0. The van der Waals surface area contributed by atoms with Gasteiger partial charge in [-0.25, -0.2) is 0 Å². The van der Waals surface area contributed by atoms with Gasteiger partial charge in [0.2, 0.25) is 0 Å². The van der Waals surface area contributed by atoms with Crippen LogP contribution in [0.2, 0.25) is 0 Å². The van der Waals surface area contributed by atoms with Gasteiger partial charge in [0.05, 0.1) is 0 Å². The van der Waals surface area contributed by atoms with Gasteiger partial charge < -0.3 is 52.5 Å². The molecule has 0 amide bonds. The van der Waals surface area contributed by atoms with Gasteiger partial charge in [-0.2, -0.15) is 0 Å². The second kappa shape index (κ2) is 36.0. The molecule has 0 aliphatic carbocycles. The Bertz CT molecular complexity index is 54.5. The van der Waals surface area contributed by atoms with Crippen molar-refractivity contribution in [3.05, 3.63) is 0 Å². The van der Waals surface area contributed by atoms with Gasteiger partial charge >= 0.3 is 21.1 Å². The Morgan fingerprint density at radius 3 is 0.500 bits per heavy atom. The SMILES string of the molecule is CC(C)[O-].CC(C)[O-].CC(C)[O-].[Cl-].[Cl-].[Cl-].[Mo+6]. The Balaban J connectivity index is -0.0000000135. The standard InChI is InChI=1S/3C3H7O.3ClH.Mo/c3*1-3(2)4;;;;/h3*3H,1-2H3;3*1H;/q3*-1;;;;+6/p-3. The van der Waals surface area contributed by atoms with Gasteiger partial charge in [0.25, 0.3) is 0 Å². The number of hydrogen-bond donors (Lipinski definition) is 0. The third-order valence-electron chi connectivity index (χ3n) is 0. The summed E-state index contributed by atoms with van der Waals surface area (Å²) < 4.78 is 0. The third-order valence-corrected chi connectivity index (χ3v) is 0. The summed E-state index contributed by atoms with van der Waals surface area (Å²) in [5, 5.41) is 28.6. The Morgan fingerprint density at radius 1 is 0.500 bits per heavy atom. The molecule has 0 heterocycles. The molecule has 0 radical (unpaired) electrons. The Kier molecular flexibility index (Phi) is 97.2. The van der Waals surface area contributed by atoms with Gasteiger partial charge in [0.1, 0.15) is 0 Å². The first-order valence-electron chi connectivity index (χ1n) is 4.17. The molecule has 0 fully saturated rings. The van der Waals surface area contributed by atoms with Gasteiger partial charge in [-0.1, -0.05) is 41.5 Å². The minimum Gasteiger partial charge on any atom is -1.00 e. The fourth-order valence-electron chi connectivity index (χ4n) is 0. The molecule has 0 rings (SSSR count). The van der Waals surface area contributed by atoms with Crippen LogP contribution < -0.4 is 52.5 Å². The van der Waals surface area contributed by atoms with Crippen molar-refractivity contribution in [3.8, 4) is 0 Å². The summed E-state index contributed by atoms with van der Waals surface area (Å²) >= 11 is 0. The van der Waals surface area contributed by atoms with Crippen LogP contribution in [0.5, 0.6) is 0 Å². The fraction of sp³-hybridized carbons (Fsp3) is 1.00. The first-order chi connectivity index (χ1) is 5.20. The summed E-state index contributed by atoms with van der Waals surface area (Å²) in [5.74, 6) is 0. The molecule has 0 N–H and O–H groups in total. The Labute approximate surface area is 133 Å². The first-order valence-corrected chi connectivity index (χ1v) is 4.17. The minimum atomic E-state index is -0.417. The monoisotopic (exact) mass is 380 g/mol. The maximum atomic E-state index is 9.53. The summed E-state index contributed by atoms with van der Waals surface area (Å²) in [6, 6.07) is 0. The molecule has 0 aliphatic rings. The second-order valence-corrected chi connectivity index (χ2v) is 3.15. The zero-order valence-corrected chi connectivity index (χ0v) is 14.8. The van der Waals surface area contributed by atoms with Crippen molar-refractivity contribution in [2.45, 2.75) is 59.9 Å².